The van der Waals surface area contributed by atoms with Crippen molar-refractivity contribution in [2.24, 2.45) is 0 Å². The molecule has 23 heavy (non-hydrogen) atoms. The van der Waals surface area contributed by atoms with Gasteiger partial charge in [0.25, 0.3) is 0 Å². The van der Waals surface area contributed by atoms with Crippen LogP contribution in [0.2, 0.25) is 0 Å². The molecule has 0 spiro atoms. The molecule has 6 nitrogen and oxygen atoms in total. The van der Waals surface area contributed by atoms with Crippen molar-refractivity contribution in [3.63, 3.8) is 0 Å². The third kappa shape index (κ3) is 4.61. The average molecular weight is 347 g/mol. The highest BCUT2D eigenvalue weighted by molar-refractivity contribution is 7.90. The van der Waals surface area contributed by atoms with Crippen LogP contribution in [0.4, 0.5) is 20.2 Å². The van der Waals surface area contributed by atoms with Gasteiger partial charge < -0.3 is 5.32 Å². The van der Waals surface area contributed by atoms with Gasteiger partial charge in [-0.3, -0.25) is 9.52 Å². The SMILES string of the molecule is CC(=O)Nc1cc(NS(=O)(=O)N2CCCCCC2)c(F)cc1F. The molecule has 1 fully saturated rings. The number of amides is 1. The van der Waals surface area contributed by atoms with Gasteiger partial charge in [-0.2, -0.15) is 12.7 Å². The van der Waals surface area contributed by atoms with E-state index < -0.39 is 33.4 Å². The molecule has 0 aromatic heterocycles. The van der Waals surface area contributed by atoms with Gasteiger partial charge in [-0.15, -0.1) is 0 Å². The largest absolute Gasteiger partial charge is 0.324 e. The molecule has 2 rings (SSSR count). The molecular formula is C14H19F2N3O3S. The van der Waals surface area contributed by atoms with Gasteiger partial charge in [0.15, 0.2) is 0 Å². The summed E-state index contributed by atoms with van der Waals surface area (Å²) in [5.74, 6) is -2.57. The number of nitrogens with zero attached hydrogens (tertiary/aromatic N) is 1. The molecule has 1 aromatic rings. The summed E-state index contributed by atoms with van der Waals surface area (Å²) >= 11 is 0. The van der Waals surface area contributed by atoms with Crippen molar-refractivity contribution in [1.82, 2.24) is 4.31 Å². The Morgan fingerprint density at radius 2 is 1.61 bits per heavy atom. The van der Waals surface area contributed by atoms with Crippen molar-refractivity contribution in [2.75, 3.05) is 23.1 Å². The Hall–Kier alpha value is -1.74. The molecule has 2 N–H and O–H groups in total. The Morgan fingerprint density at radius 3 is 2.17 bits per heavy atom. The molecule has 1 heterocycles. The lowest BCUT2D eigenvalue weighted by molar-refractivity contribution is -0.114. The van der Waals surface area contributed by atoms with Crippen LogP contribution in [-0.4, -0.2) is 31.7 Å². The van der Waals surface area contributed by atoms with E-state index in [1.807, 2.05) is 0 Å². The molecule has 1 aliphatic rings. The zero-order valence-corrected chi connectivity index (χ0v) is 13.5. The fourth-order valence-electron chi connectivity index (χ4n) is 2.40. The average Bonchev–Trinajstić information content (AvgIpc) is 2.73. The Bertz CT molecular complexity index is 687. The van der Waals surface area contributed by atoms with E-state index in [2.05, 4.69) is 10.0 Å². The standard InChI is InChI=1S/C14H19F2N3O3S/c1-10(20)17-13-9-14(12(16)8-11(13)15)18-23(21,22)19-6-4-2-3-5-7-19/h8-9,18H,2-7H2,1H3,(H,17,20). The van der Waals surface area contributed by atoms with Crippen molar-refractivity contribution in [2.45, 2.75) is 32.6 Å². The van der Waals surface area contributed by atoms with E-state index in [-0.39, 0.29) is 5.69 Å². The highest BCUT2D eigenvalue weighted by atomic mass is 32.2. The van der Waals surface area contributed by atoms with E-state index in [0.717, 1.165) is 31.7 Å². The monoisotopic (exact) mass is 347 g/mol. The third-order valence-electron chi connectivity index (χ3n) is 3.51. The van der Waals surface area contributed by atoms with Crippen LogP contribution in [0.3, 0.4) is 0 Å². The van der Waals surface area contributed by atoms with Crippen LogP contribution >= 0.6 is 0 Å². The normalized spacial score (nSPS) is 16.7. The quantitative estimate of drug-likeness (QED) is 0.878. The van der Waals surface area contributed by atoms with Gasteiger partial charge in [-0.1, -0.05) is 12.8 Å². The summed E-state index contributed by atoms with van der Waals surface area (Å²) in [4.78, 5) is 11.0. The zero-order chi connectivity index (χ0) is 17.0. The summed E-state index contributed by atoms with van der Waals surface area (Å²) in [6.45, 7) is 1.89. The summed E-state index contributed by atoms with van der Waals surface area (Å²) in [7, 11) is -3.93. The topological polar surface area (TPSA) is 78.5 Å². The fourth-order valence-corrected chi connectivity index (χ4v) is 3.70. The van der Waals surface area contributed by atoms with Crippen molar-refractivity contribution in [1.29, 1.82) is 0 Å². The van der Waals surface area contributed by atoms with E-state index in [1.54, 1.807) is 0 Å². The molecule has 9 heteroatoms. The summed E-state index contributed by atoms with van der Waals surface area (Å²) in [6.07, 6.45) is 3.38. The van der Waals surface area contributed by atoms with Crippen LogP contribution in [0.1, 0.15) is 32.6 Å². The number of anilines is 2. The van der Waals surface area contributed by atoms with Crippen LogP contribution in [-0.2, 0) is 15.0 Å². The highest BCUT2D eigenvalue weighted by Crippen LogP contribution is 2.25. The van der Waals surface area contributed by atoms with Gasteiger partial charge in [0.1, 0.15) is 11.6 Å². The van der Waals surface area contributed by atoms with Gasteiger partial charge in [-0.25, -0.2) is 8.78 Å². The Labute approximate surface area is 134 Å². The van der Waals surface area contributed by atoms with Crippen LogP contribution in [0.15, 0.2) is 12.1 Å². The van der Waals surface area contributed by atoms with Crippen LogP contribution in [0.25, 0.3) is 0 Å². The minimum absolute atomic E-state index is 0.285. The molecule has 1 amide bonds. The van der Waals surface area contributed by atoms with Gasteiger partial charge >= 0.3 is 10.2 Å². The summed E-state index contributed by atoms with van der Waals surface area (Å²) in [5.41, 5.74) is -0.688. The first kappa shape index (κ1) is 17.6. The lowest BCUT2D eigenvalue weighted by Gasteiger charge is -2.21. The van der Waals surface area contributed by atoms with Crippen LogP contribution in [0, 0.1) is 11.6 Å². The number of carbonyl (C=O) groups is 1. The van der Waals surface area contributed by atoms with Crippen LogP contribution < -0.4 is 10.0 Å². The molecule has 1 saturated heterocycles. The second-order valence-electron chi connectivity index (χ2n) is 5.41. The summed E-state index contributed by atoms with van der Waals surface area (Å²) in [6, 6.07) is 1.47. The molecule has 0 bridgehead atoms. The van der Waals surface area contributed by atoms with Crippen molar-refractivity contribution < 1.29 is 22.0 Å². The highest BCUT2D eigenvalue weighted by Gasteiger charge is 2.24. The maximum Gasteiger partial charge on any atom is 0.301 e. The molecule has 1 aromatic carbocycles. The van der Waals surface area contributed by atoms with E-state index in [9.17, 15) is 22.0 Å². The molecule has 0 radical (unpaired) electrons. The molecule has 0 saturated carbocycles. The van der Waals surface area contributed by atoms with E-state index >= 15 is 0 Å². The maximum atomic E-state index is 13.8. The molecule has 0 aliphatic carbocycles. The Morgan fingerprint density at radius 1 is 1.04 bits per heavy atom. The lowest BCUT2D eigenvalue weighted by atomic mass is 10.2. The first-order chi connectivity index (χ1) is 10.8. The molecule has 1 aliphatic heterocycles. The van der Waals surface area contributed by atoms with E-state index in [0.29, 0.717) is 19.2 Å². The molecule has 0 unspecified atom stereocenters. The van der Waals surface area contributed by atoms with Gasteiger partial charge in [0.2, 0.25) is 5.91 Å². The van der Waals surface area contributed by atoms with Gasteiger partial charge in [0, 0.05) is 26.1 Å². The van der Waals surface area contributed by atoms with Gasteiger partial charge in [0.05, 0.1) is 11.4 Å². The van der Waals surface area contributed by atoms with Crippen LogP contribution in [0.5, 0.6) is 0 Å². The first-order valence-corrected chi connectivity index (χ1v) is 8.78. The second-order valence-corrected chi connectivity index (χ2v) is 7.08. The Balaban J connectivity index is 2.25. The minimum atomic E-state index is -3.93. The Kier molecular flexibility index (Phi) is 5.53. The zero-order valence-electron chi connectivity index (χ0n) is 12.7. The molecular weight excluding hydrogens is 328 g/mol. The number of carbonyl (C=O) groups excluding carboxylic acids is 1. The molecule has 0 atom stereocenters. The third-order valence-corrected chi connectivity index (χ3v) is 5.03. The van der Waals surface area contributed by atoms with Crippen molar-refractivity contribution in [3.05, 3.63) is 23.8 Å². The van der Waals surface area contributed by atoms with Crippen molar-refractivity contribution in [3.8, 4) is 0 Å². The lowest BCUT2D eigenvalue weighted by Crippen LogP contribution is -2.36. The number of nitrogens with one attached hydrogen (secondary N) is 2. The number of hydrogen-bond donors (Lipinski definition) is 2. The maximum absolute atomic E-state index is 13.8. The van der Waals surface area contributed by atoms with Crippen molar-refractivity contribution >= 4 is 27.5 Å². The summed E-state index contributed by atoms with van der Waals surface area (Å²) in [5, 5.41) is 2.19. The first-order valence-electron chi connectivity index (χ1n) is 7.34. The van der Waals surface area contributed by atoms with E-state index in [4.69, 9.17) is 0 Å². The smallest absolute Gasteiger partial charge is 0.301 e. The minimum Gasteiger partial charge on any atom is -0.324 e. The summed E-state index contributed by atoms with van der Waals surface area (Å²) < 4.78 is 55.5. The predicted octanol–water partition coefficient (Wildman–Crippen LogP) is 2.46. The molecule has 128 valence electrons. The number of benzene rings is 1. The second kappa shape index (κ2) is 7.22. The predicted molar refractivity (Wildman–Crippen MR) is 83.2 cm³/mol. The number of rotatable bonds is 4. The van der Waals surface area contributed by atoms with E-state index in [1.165, 1.54) is 11.2 Å². The number of halogens is 2. The fraction of sp³-hybridized carbons (Fsp3) is 0.500. The van der Waals surface area contributed by atoms with Gasteiger partial charge in [-0.05, 0) is 18.9 Å². The number of hydrogen-bond acceptors (Lipinski definition) is 3.